The van der Waals surface area contributed by atoms with Gasteiger partial charge >= 0.3 is 5.97 Å². The van der Waals surface area contributed by atoms with Crippen molar-refractivity contribution in [3.8, 4) is 0 Å². The van der Waals surface area contributed by atoms with Crippen LogP contribution in [-0.2, 0) is 19.4 Å². The van der Waals surface area contributed by atoms with Crippen LogP contribution in [0.5, 0.6) is 0 Å². The molecule has 0 saturated carbocycles. The number of fused-ring (bicyclic) bond motifs is 1. The molecule has 0 aromatic carbocycles. The lowest BCUT2D eigenvalue weighted by Crippen LogP contribution is -2.58. The van der Waals surface area contributed by atoms with Gasteiger partial charge in [-0.1, -0.05) is 0 Å². The molecule has 1 aromatic heterocycles. The lowest BCUT2D eigenvalue weighted by Gasteiger charge is -2.37. The first kappa shape index (κ1) is 20.9. The minimum Gasteiger partial charge on any atom is -0.480 e. The van der Waals surface area contributed by atoms with Crippen molar-refractivity contribution >= 4 is 33.7 Å². The number of nitrogens with one attached hydrogen (secondary N) is 1. The quantitative estimate of drug-likeness (QED) is 0.310. The molecule has 3 rings (SSSR count). The van der Waals surface area contributed by atoms with Gasteiger partial charge in [-0.2, -0.15) is 0 Å². The van der Waals surface area contributed by atoms with Crippen LogP contribution in [0.2, 0.25) is 0 Å². The summed E-state index contributed by atoms with van der Waals surface area (Å²) < 4.78 is 24.1. The van der Waals surface area contributed by atoms with E-state index in [4.69, 9.17) is 5.73 Å². The van der Waals surface area contributed by atoms with Gasteiger partial charge in [0.25, 0.3) is 11.8 Å². The van der Waals surface area contributed by atoms with Crippen LogP contribution in [0.3, 0.4) is 0 Å². The Morgan fingerprint density at radius 1 is 1.41 bits per heavy atom. The molecule has 1 aromatic rings. The summed E-state index contributed by atoms with van der Waals surface area (Å²) in [6.45, 7) is 3.45. The number of sulfone groups is 1. The van der Waals surface area contributed by atoms with Crippen LogP contribution in [0, 0.1) is 0 Å². The summed E-state index contributed by atoms with van der Waals surface area (Å²) in [4.78, 5) is 41.2. The number of hydrogen-bond donors (Lipinski definition) is 3. The van der Waals surface area contributed by atoms with Crippen LogP contribution in [0.4, 0.5) is 0 Å². The van der Waals surface area contributed by atoms with E-state index in [-0.39, 0.29) is 17.2 Å². The zero-order valence-corrected chi connectivity index (χ0v) is 16.8. The number of β-lactam (4-membered cyclic amide) rings is 1. The van der Waals surface area contributed by atoms with Crippen molar-refractivity contribution in [3.63, 3.8) is 0 Å². The average Bonchev–Trinajstić information content (AvgIpc) is 2.80. The average molecular weight is 422 g/mol. The number of amides is 2. The summed E-state index contributed by atoms with van der Waals surface area (Å²) in [5, 5.41) is 10.8. The Kier molecular flexibility index (Phi) is 5.22. The Bertz CT molecular complexity index is 1020. The van der Waals surface area contributed by atoms with Crippen molar-refractivity contribution in [1.29, 1.82) is 0 Å². The highest BCUT2D eigenvalue weighted by Crippen LogP contribution is 2.48. The summed E-state index contributed by atoms with van der Waals surface area (Å²) in [6, 6.07) is 1.46. The SMILES string of the molecule is CC1(C)[C@H](C(=O)O)N2C(=O)C(=Cc3cc(C(=O)NCCCN)ccn3)[C@H]2S1(=O)=O. The van der Waals surface area contributed by atoms with Crippen LogP contribution in [-0.4, -0.2) is 70.4 Å². The molecular formula is C18H22N4O6S. The number of aliphatic carboxylic acids is 1. The molecule has 0 radical (unpaired) electrons. The number of nitrogens with zero attached hydrogens (tertiary/aromatic N) is 2. The second-order valence-electron chi connectivity index (χ2n) is 7.42. The highest BCUT2D eigenvalue weighted by molar-refractivity contribution is 7.94. The first-order chi connectivity index (χ1) is 13.5. The van der Waals surface area contributed by atoms with Crippen molar-refractivity contribution < 1.29 is 27.9 Å². The fourth-order valence-corrected chi connectivity index (χ4v) is 5.70. The Labute approximate surface area is 167 Å². The molecule has 0 aliphatic carbocycles. The molecule has 0 bridgehead atoms. The second kappa shape index (κ2) is 7.23. The van der Waals surface area contributed by atoms with Crippen LogP contribution in [0.1, 0.15) is 36.3 Å². The molecule has 2 saturated heterocycles. The molecule has 2 aliphatic heterocycles. The van der Waals surface area contributed by atoms with E-state index in [9.17, 15) is 27.9 Å². The number of hydrogen-bond acceptors (Lipinski definition) is 7. The first-order valence-electron chi connectivity index (χ1n) is 8.99. The predicted molar refractivity (Wildman–Crippen MR) is 103 cm³/mol. The van der Waals surface area contributed by atoms with Crippen LogP contribution in [0.25, 0.3) is 6.08 Å². The Balaban J connectivity index is 1.91. The molecule has 10 nitrogen and oxygen atoms in total. The van der Waals surface area contributed by atoms with Gasteiger partial charge in [0.15, 0.2) is 21.3 Å². The molecule has 29 heavy (non-hydrogen) atoms. The number of pyridine rings is 1. The fourth-order valence-electron chi connectivity index (χ4n) is 3.58. The van der Waals surface area contributed by atoms with Gasteiger partial charge in [-0.05, 0) is 45.0 Å². The highest BCUT2D eigenvalue weighted by atomic mass is 32.2. The van der Waals surface area contributed by atoms with E-state index in [0.29, 0.717) is 25.1 Å². The Morgan fingerprint density at radius 2 is 2.10 bits per heavy atom. The molecular weight excluding hydrogens is 400 g/mol. The summed E-state index contributed by atoms with van der Waals surface area (Å²) >= 11 is 0. The largest absolute Gasteiger partial charge is 0.480 e. The predicted octanol–water partition coefficient (Wildman–Crippen LogP) is -0.628. The molecule has 4 N–H and O–H groups in total. The molecule has 2 atom stereocenters. The van der Waals surface area contributed by atoms with E-state index in [1.165, 1.54) is 38.3 Å². The normalized spacial score (nSPS) is 25.4. The van der Waals surface area contributed by atoms with Crippen molar-refractivity contribution in [2.45, 2.75) is 36.4 Å². The zero-order chi connectivity index (χ0) is 21.6. The molecule has 2 amide bonds. The lowest BCUT2D eigenvalue weighted by atomic mass is 9.95. The third-order valence-corrected chi connectivity index (χ3v) is 7.97. The third kappa shape index (κ3) is 3.19. The van der Waals surface area contributed by atoms with Gasteiger partial charge in [0.2, 0.25) is 0 Å². The first-order valence-corrected chi connectivity index (χ1v) is 10.5. The molecule has 156 valence electrons. The number of carbonyl (C=O) groups excluding carboxylic acids is 2. The van der Waals surface area contributed by atoms with E-state index in [1.54, 1.807) is 0 Å². The van der Waals surface area contributed by atoms with Gasteiger partial charge in [0, 0.05) is 18.3 Å². The van der Waals surface area contributed by atoms with Gasteiger partial charge < -0.3 is 21.1 Å². The monoisotopic (exact) mass is 422 g/mol. The van der Waals surface area contributed by atoms with Gasteiger partial charge in [0.05, 0.1) is 11.3 Å². The summed E-state index contributed by atoms with van der Waals surface area (Å²) in [7, 11) is -3.97. The molecule has 3 heterocycles. The zero-order valence-electron chi connectivity index (χ0n) is 16.0. The minimum atomic E-state index is -3.97. The number of aromatic nitrogens is 1. The van der Waals surface area contributed by atoms with Crippen LogP contribution >= 0.6 is 0 Å². The highest BCUT2D eigenvalue weighted by Gasteiger charge is 2.70. The lowest BCUT2D eigenvalue weighted by molar-refractivity contribution is -0.152. The van der Waals surface area contributed by atoms with Crippen molar-refractivity contribution in [2.24, 2.45) is 5.73 Å². The minimum absolute atomic E-state index is 0.0602. The number of carboxylic acids is 1. The number of carbonyl (C=O) groups is 3. The van der Waals surface area contributed by atoms with Crippen molar-refractivity contribution in [1.82, 2.24) is 15.2 Å². The van der Waals surface area contributed by atoms with Crippen molar-refractivity contribution in [3.05, 3.63) is 35.2 Å². The number of carboxylic acid groups (broad SMARTS) is 1. The van der Waals surface area contributed by atoms with Crippen LogP contribution < -0.4 is 11.1 Å². The molecule has 11 heteroatoms. The van der Waals surface area contributed by atoms with E-state index < -0.39 is 37.9 Å². The summed E-state index contributed by atoms with van der Waals surface area (Å²) in [5.41, 5.74) is 5.85. The Hall–Kier alpha value is -2.79. The van der Waals surface area contributed by atoms with E-state index in [0.717, 1.165) is 4.90 Å². The van der Waals surface area contributed by atoms with Gasteiger partial charge in [-0.3, -0.25) is 14.6 Å². The molecule has 2 aliphatic rings. The summed E-state index contributed by atoms with van der Waals surface area (Å²) in [5.74, 6) is -2.39. The third-order valence-electron chi connectivity index (χ3n) is 5.21. The van der Waals surface area contributed by atoms with E-state index in [2.05, 4.69) is 10.3 Å². The summed E-state index contributed by atoms with van der Waals surface area (Å²) in [6.07, 6.45) is 3.29. The standard InChI is InChI=1S/C18H22N4O6S/c1-18(2)13(17(25)26)22-15(24)12(16(22)29(18,27)28)9-11-8-10(4-7-20-11)14(23)21-6-3-5-19/h4,7-9,13,16H,3,5-6,19H2,1-2H3,(H,21,23)(H,25,26)/t13-,16+/m0/s1. The maximum Gasteiger partial charge on any atom is 0.328 e. The van der Waals surface area contributed by atoms with E-state index in [1.807, 2.05) is 0 Å². The Morgan fingerprint density at radius 3 is 2.72 bits per heavy atom. The van der Waals surface area contributed by atoms with Gasteiger partial charge in [-0.25, -0.2) is 13.2 Å². The fraction of sp³-hybridized carbons (Fsp3) is 0.444. The molecule has 0 spiro atoms. The van der Waals surface area contributed by atoms with Crippen LogP contribution in [0.15, 0.2) is 23.9 Å². The maximum atomic E-state index is 12.9. The topological polar surface area (TPSA) is 160 Å². The number of nitrogens with two attached hydrogens (primary N) is 1. The second-order valence-corrected chi connectivity index (χ2v) is 10.0. The van der Waals surface area contributed by atoms with Crippen molar-refractivity contribution in [2.75, 3.05) is 13.1 Å². The van der Waals surface area contributed by atoms with E-state index >= 15 is 0 Å². The van der Waals surface area contributed by atoms with Gasteiger partial charge in [-0.15, -0.1) is 0 Å². The maximum absolute atomic E-state index is 12.9. The smallest absolute Gasteiger partial charge is 0.328 e. The molecule has 0 unspecified atom stereocenters. The molecule has 2 fully saturated rings. The van der Waals surface area contributed by atoms with Gasteiger partial charge in [0.1, 0.15) is 4.75 Å². The number of rotatable bonds is 6.